The summed E-state index contributed by atoms with van der Waals surface area (Å²) in [6.45, 7) is 3.87. The maximum absolute atomic E-state index is 13.0. The average Bonchev–Trinajstić information content (AvgIpc) is 3.23. The SMILES string of the molecule is CCCCCCCCCCCCCCCCCCCCCCCC(O)C(COC1OC(CO)C(O)C(O)C1O)NC(=O)CCCCCCCCCCCCCCCCC. The number of aliphatic hydroxyl groups excluding tert-OH is 5. The van der Waals surface area contributed by atoms with E-state index in [2.05, 4.69) is 19.2 Å². The molecular weight excluding hydrogens is 743 g/mol. The van der Waals surface area contributed by atoms with Crippen LogP contribution in [0.5, 0.6) is 0 Å². The van der Waals surface area contributed by atoms with E-state index in [1.807, 2.05) is 0 Å². The fraction of sp³-hybridized carbons (Fsp3) is 0.980. The molecule has 1 saturated heterocycles. The van der Waals surface area contributed by atoms with Gasteiger partial charge < -0.3 is 40.3 Å². The summed E-state index contributed by atoms with van der Waals surface area (Å²) < 4.78 is 11.3. The van der Waals surface area contributed by atoms with E-state index in [4.69, 9.17) is 9.47 Å². The van der Waals surface area contributed by atoms with E-state index in [0.717, 1.165) is 38.5 Å². The minimum Gasteiger partial charge on any atom is -0.394 e. The Hall–Kier alpha value is -0.810. The molecule has 7 atom stereocenters. The normalized spacial score (nSPS) is 20.6. The predicted molar refractivity (Wildman–Crippen MR) is 244 cm³/mol. The number of hydrogen-bond acceptors (Lipinski definition) is 8. The summed E-state index contributed by atoms with van der Waals surface area (Å²) >= 11 is 0. The lowest BCUT2D eigenvalue weighted by atomic mass is 9.99. The number of amides is 1. The summed E-state index contributed by atoms with van der Waals surface area (Å²) in [6, 6.07) is -0.712. The van der Waals surface area contributed by atoms with Crippen LogP contribution >= 0.6 is 0 Å². The van der Waals surface area contributed by atoms with Crippen molar-refractivity contribution in [3.8, 4) is 0 Å². The van der Waals surface area contributed by atoms with E-state index in [0.29, 0.717) is 12.8 Å². The van der Waals surface area contributed by atoms with Gasteiger partial charge in [0.25, 0.3) is 0 Å². The number of unbranched alkanes of at least 4 members (excludes halogenated alkanes) is 34. The summed E-state index contributed by atoms with van der Waals surface area (Å²) in [4.78, 5) is 13.0. The van der Waals surface area contributed by atoms with Crippen LogP contribution in [-0.4, -0.2) is 87.5 Å². The summed E-state index contributed by atoms with van der Waals surface area (Å²) in [5.41, 5.74) is 0. The summed E-state index contributed by atoms with van der Waals surface area (Å²) in [5.74, 6) is -0.139. The van der Waals surface area contributed by atoms with Crippen molar-refractivity contribution in [1.82, 2.24) is 5.32 Å². The number of ether oxygens (including phenoxy) is 2. The Balaban J connectivity index is 2.25. The molecular formula is C50H99NO8. The molecule has 1 rings (SSSR count). The van der Waals surface area contributed by atoms with Gasteiger partial charge in [0.1, 0.15) is 24.4 Å². The molecule has 0 saturated carbocycles. The molecule has 1 aliphatic rings. The van der Waals surface area contributed by atoms with Crippen LogP contribution in [0.25, 0.3) is 0 Å². The monoisotopic (exact) mass is 842 g/mol. The number of carbonyl (C=O) groups excluding carboxylic acids is 1. The standard InChI is InChI=1S/C50H99NO8/c1-3-5-7-9-11-13-15-17-19-20-21-22-23-24-26-27-29-31-33-35-37-39-44(53)43(42-58-50-49(57)48(56)47(55)45(41-52)59-50)51-46(54)40-38-36-34-32-30-28-25-18-16-14-12-10-8-6-4-2/h43-45,47-50,52-53,55-57H,3-42H2,1-2H3,(H,51,54). The van der Waals surface area contributed by atoms with E-state index in [9.17, 15) is 30.3 Å². The molecule has 1 amide bonds. The van der Waals surface area contributed by atoms with E-state index in [1.54, 1.807) is 0 Å². The number of hydrogen-bond donors (Lipinski definition) is 6. The first-order chi connectivity index (χ1) is 28.8. The van der Waals surface area contributed by atoms with Crippen molar-refractivity contribution in [1.29, 1.82) is 0 Å². The second-order valence-corrected chi connectivity index (χ2v) is 18.3. The van der Waals surface area contributed by atoms with Gasteiger partial charge in [-0.1, -0.05) is 239 Å². The van der Waals surface area contributed by atoms with Crippen molar-refractivity contribution < 1.29 is 39.8 Å². The van der Waals surface area contributed by atoms with Gasteiger partial charge >= 0.3 is 0 Å². The maximum atomic E-state index is 13.0. The van der Waals surface area contributed by atoms with Crippen molar-refractivity contribution in [2.75, 3.05) is 13.2 Å². The Morgan fingerprint density at radius 3 is 1.20 bits per heavy atom. The molecule has 7 unspecified atom stereocenters. The van der Waals surface area contributed by atoms with Crippen LogP contribution in [0.1, 0.15) is 258 Å². The predicted octanol–water partition coefficient (Wildman–Crippen LogP) is 11.5. The molecule has 352 valence electrons. The van der Waals surface area contributed by atoms with Crippen molar-refractivity contribution in [3.05, 3.63) is 0 Å². The van der Waals surface area contributed by atoms with Gasteiger partial charge in [-0.05, 0) is 12.8 Å². The fourth-order valence-electron chi connectivity index (χ4n) is 8.58. The number of nitrogens with one attached hydrogen (secondary N) is 1. The van der Waals surface area contributed by atoms with Crippen LogP contribution < -0.4 is 5.32 Å². The van der Waals surface area contributed by atoms with Crippen LogP contribution in [0, 0.1) is 0 Å². The van der Waals surface area contributed by atoms with Gasteiger partial charge in [-0.25, -0.2) is 0 Å². The Bertz CT molecular complexity index is 893. The van der Waals surface area contributed by atoms with Gasteiger partial charge in [0.15, 0.2) is 6.29 Å². The smallest absolute Gasteiger partial charge is 0.220 e. The lowest BCUT2D eigenvalue weighted by molar-refractivity contribution is -0.302. The summed E-state index contributed by atoms with van der Waals surface area (Å²) in [5, 5.41) is 54.5. The molecule has 0 aromatic carbocycles. The highest BCUT2D eigenvalue weighted by atomic mass is 16.7. The van der Waals surface area contributed by atoms with Crippen molar-refractivity contribution in [2.45, 2.75) is 301 Å². The quantitative estimate of drug-likeness (QED) is 0.0332. The molecule has 0 aromatic heterocycles. The topological polar surface area (TPSA) is 149 Å². The highest BCUT2D eigenvalue weighted by Gasteiger charge is 2.44. The average molecular weight is 842 g/mol. The number of aliphatic hydroxyl groups is 5. The van der Waals surface area contributed by atoms with Crippen molar-refractivity contribution >= 4 is 5.91 Å². The molecule has 0 bridgehead atoms. The molecule has 0 spiro atoms. The lowest BCUT2D eigenvalue weighted by Gasteiger charge is -2.40. The van der Waals surface area contributed by atoms with E-state index in [-0.39, 0.29) is 12.5 Å². The van der Waals surface area contributed by atoms with Gasteiger partial charge in [-0.2, -0.15) is 0 Å². The van der Waals surface area contributed by atoms with Crippen molar-refractivity contribution in [2.24, 2.45) is 0 Å². The molecule has 9 heteroatoms. The molecule has 59 heavy (non-hydrogen) atoms. The zero-order valence-corrected chi connectivity index (χ0v) is 38.8. The summed E-state index contributed by atoms with van der Waals surface area (Å²) in [7, 11) is 0. The highest BCUT2D eigenvalue weighted by molar-refractivity contribution is 5.76. The molecule has 0 aliphatic carbocycles. The number of rotatable bonds is 44. The summed E-state index contributed by atoms with van der Waals surface area (Å²) in [6.07, 6.45) is 39.7. The zero-order valence-electron chi connectivity index (χ0n) is 38.8. The second kappa shape index (κ2) is 41.2. The molecule has 9 nitrogen and oxygen atoms in total. The van der Waals surface area contributed by atoms with Gasteiger partial charge in [0.05, 0.1) is 25.4 Å². The highest BCUT2D eigenvalue weighted by Crippen LogP contribution is 2.23. The third-order valence-corrected chi connectivity index (χ3v) is 12.7. The van der Waals surface area contributed by atoms with Gasteiger partial charge in [-0.15, -0.1) is 0 Å². The first kappa shape index (κ1) is 56.2. The van der Waals surface area contributed by atoms with Crippen LogP contribution in [-0.2, 0) is 14.3 Å². The molecule has 1 aliphatic heterocycles. The van der Waals surface area contributed by atoms with E-state index < -0.39 is 49.5 Å². The van der Waals surface area contributed by atoms with E-state index in [1.165, 1.54) is 193 Å². The van der Waals surface area contributed by atoms with E-state index >= 15 is 0 Å². The molecule has 1 fully saturated rings. The van der Waals surface area contributed by atoms with Gasteiger partial charge in [-0.3, -0.25) is 4.79 Å². The second-order valence-electron chi connectivity index (χ2n) is 18.3. The molecule has 0 aromatic rings. The Morgan fingerprint density at radius 2 is 0.847 bits per heavy atom. The van der Waals surface area contributed by atoms with Gasteiger partial charge in [0, 0.05) is 6.42 Å². The van der Waals surface area contributed by atoms with Crippen LogP contribution in [0.3, 0.4) is 0 Å². The van der Waals surface area contributed by atoms with Crippen molar-refractivity contribution in [3.63, 3.8) is 0 Å². The maximum Gasteiger partial charge on any atom is 0.220 e. The van der Waals surface area contributed by atoms with Gasteiger partial charge in [0.2, 0.25) is 5.91 Å². The molecule has 0 radical (unpaired) electrons. The first-order valence-corrected chi connectivity index (χ1v) is 25.7. The fourth-order valence-corrected chi connectivity index (χ4v) is 8.58. The molecule has 1 heterocycles. The Morgan fingerprint density at radius 1 is 0.508 bits per heavy atom. The van der Waals surface area contributed by atoms with Crippen LogP contribution in [0.4, 0.5) is 0 Å². The third kappa shape index (κ3) is 31.6. The Labute approximate surface area is 364 Å². The van der Waals surface area contributed by atoms with Crippen LogP contribution in [0.2, 0.25) is 0 Å². The first-order valence-electron chi connectivity index (χ1n) is 25.7. The van der Waals surface area contributed by atoms with Crippen LogP contribution in [0.15, 0.2) is 0 Å². The third-order valence-electron chi connectivity index (χ3n) is 12.7. The minimum atomic E-state index is -1.55. The Kier molecular flexibility index (Phi) is 39.3. The molecule has 6 N–H and O–H groups in total. The largest absolute Gasteiger partial charge is 0.394 e. The zero-order chi connectivity index (χ0) is 43.0. The number of carbonyl (C=O) groups is 1. The lowest BCUT2D eigenvalue weighted by Crippen LogP contribution is -2.60. The minimum absolute atomic E-state index is 0.131.